The fourth-order valence-electron chi connectivity index (χ4n) is 3.61. The summed E-state index contributed by atoms with van der Waals surface area (Å²) in [4.78, 5) is 32.2. The quantitative estimate of drug-likeness (QED) is 0.315. The maximum Gasteiger partial charge on any atom is 0.293 e. The van der Waals surface area contributed by atoms with Crippen LogP contribution in [0, 0.1) is 5.82 Å². The fraction of sp³-hybridized carbons (Fsp3) is 0.250. The van der Waals surface area contributed by atoms with Crippen molar-refractivity contribution in [1.82, 2.24) is 34.8 Å². The van der Waals surface area contributed by atoms with Crippen molar-refractivity contribution in [2.24, 2.45) is 0 Å². The molecule has 4 aromatic rings. The lowest BCUT2D eigenvalue weighted by Crippen LogP contribution is -2.39. The Balaban J connectivity index is 1.42. The Bertz CT molecular complexity index is 1320. The van der Waals surface area contributed by atoms with Gasteiger partial charge in [0.25, 0.3) is 6.47 Å². The highest BCUT2D eigenvalue weighted by Gasteiger charge is 2.16. The first-order valence-corrected chi connectivity index (χ1v) is 11.1. The van der Waals surface area contributed by atoms with Crippen LogP contribution in [-0.2, 0) is 20.9 Å². The van der Waals surface area contributed by atoms with E-state index < -0.39 is 11.9 Å². The van der Waals surface area contributed by atoms with Gasteiger partial charge in [0.2, 0.25) is 5.91 Å². The summed E-state index contributed by atoms with van der Waals surface area (Å²) < 4.78 is 23.2. The van der Waals surface area contributed by atoms with Crippen molar-refractivity contribution in [2.75, 3.05) is 25.0 Å². The number of benzene rings is 1. The molecule has 1 atom stereocenters. The molecule has 12 heteroatoms. The maximum atomic E-state index is 15.0. The lowest BCUT2D eigenvalue weighted by atomic mass is 10.2. The Morgan fingerprint density at radius 2 is 2.17 bits per heavy atom. The number of ether oxygens (including phenoxy) is 1. The number of rotatable bonds is 11. The van der Waals surface area contributed by atoms with E-state index in [0.717, 1.165) is 11.3 Å². The minimum atomic E-state index is -0.584. The fourth-order valence-corrected chi connectivity index (χ4v) is 3.61. The molecule has 0 aliphatic rings. The number of likely N-dealkylation sites (N-methyl/N-ethyl adjacent to an activating group) is 1. The minimum Gasteiger partial charge on any atom is -0.461 e. The van der Waals surface area contributed by atoms with Crippen LogP contribution in [0.1, 0.15) is 12.6 Å². The van der Waals surface area contributed by atoms with E-state index in [0.29, 0.717) is 24.4 Å². The minimum absolute atomic E-state index is 0.154. The van der Waals surface area contributed by atoms with Gasteiger partial charge in [-0.2, -0.15) is 0 Å². The molecule has 0 aliphatic carbocycles. The number of hydrogen-bond donors (Lipinski definition) is 1. The second kappa shape index (κ2) is 11.2. The van der Waals surface area contributed by atoms with Crippen LogP contribution in [0.2, 0.25) is 0 Å². The van der Waals surface area contributed by atoms with Gasteiger partial charge in [-0.3, -0.25) is 14.6 Å². The first-order chi connectivity index (χ1) is 17.4. The van der Waals surface area contributed by atoms with Crippen molar-refractivity contribution in [2.45, 2.75) is 19.6 Å². The van der Waals surface area contributed by atoms with Crippen molar-refractivity contribution in [1.29, 1.82) is 0 Å². The van der Waals surface area contributed by atoms with Crippen molar-refractivity contribution >= 4 is 18.1 Å². The molecule has 1 aromatic carbocycles. The van der Waals surface area contributed by atoms with Gasteiger partial charge in [-0.25, -0.2) is 14.1 Å². The van der Waals surface area contributed by atoms with Crippen molar-refractivity contribution in [3.63, 3.8) is 0 Å². The smallest absolute Gasteiger partial charge is 0.293 e. The average molecular weight is 493 g/mol. The Labute approximate surface area is 206 Å². The zero-order valence-corrected chi connectivity index (χ0v) is 19.8. The Kier molecular flexibility index (Phi) is 7.63. The number of carbonyl (C=O) groups excluding carboxylic acids is 2. The molecule has 0 radical (unpaired) electrons. The number of amides is 1. The number of imidazole rings is 1. The number of anilines is 1. The predicted octanol–water partition coefficient (Wildman–Crippen LogP) is 1.83. The zero-order valence-electron chi connectivity index (χ0n) is 19.8. The molecule has 186 valence electrons. The van der Waals surface area contributed by atoms with Crippen LogP contribution in [0.15, 0.2) is 61.4 Å². The zero-order chi connectivity index (χ0) is 25.5. The predicted molar refractivity (Wildman–Crippen MR) is 129 cm³/mol. The molecule has 0 fully saturated rings. The summed E-state index contributed by atoms with van der Waals surface area (Å²) in [6, 6.07) is 8.47. The van der Waals surface area contributed by atoms with E-state index in [1.165, 1.54) is 17.7 Å². The average Bonchev–Trinajstić information content (AvgIpc) is 3.53. The molecule has 4 rings (SSSR count). The van der Waals surface area contributed by atoms with Crippen LogP contribution in [0.3, 0.4) is 0 Å². The van der Waals surface area contributed by atoms with Gasteiger partial charge in [-0.05, 0) is 30.3 Å². The van der Waals surface area contributed by atoms with Crippen molar-refractivity contribution < 1.29 is 18.7 Å². The van der Waals surface area contributed by atoms with E-state index in [1.54, 1.807) is 49.0 Å². The molecule has 0 bridgehead atoms. The summed E-state index contributed by atoms with van der Waals surface area (Å²) in [5, 5.41) is 10.8. The third-order valence-electron chi connectivity index (χ3n) is 5.40. The van der Waals surface area contributed by atoms with E-state index in [9.17, 15) is 14.0 Å². The van der Waals surface area contributed by atoms with Gasteiger partial charge < -0.3 is 19.5 Å². The summed E-state index contributed by atoms with van der Waals surface area (Å²) in [6.07, 6.45) is 8.10. The summed E-state index contributed by atoms with van der Waals surface area (Å²) in [5.74, 6) is -0.728. The second-order valence-corrected chi connectivity index (χ2v) is 8.14. The third kappa shape index (κ3) is 6.09. The molecule has 11 nitrogen and oxygen atoms in total. The standard InChI is InChI=1S/C24H25FN8O3/c1-17(35)27-10-21(36-16-34)13-31(2)20-5-6-24(22(25)8-20)33-12-19(29-30-33)11-32-14-23(28-15-32)18-4-3-7-26-9-18/h3-9,12,14-16,21H,10-11,13H2,1-2H3,(H,27,35)/t21-/m0/s1. The van der Waals surface area contributed by atoms with Gasteiger partial charge in [-0.1, -0.05) is 5.21 Å². The second-order valence-electron chi connectivity index (χ2n) is 8.14. The van der Waals surface area contributed by atoms with Crippen LogP contribution in [-0.4, -0.2) is 68.1 Å². The maximum absolute atomic E-state index is 15.0. The largest absolute Gasteiger partial charge is 0.461 e. The molecule has 3 aromatic heterocycles. The van der Waals surface area contributed by atoms with E-state index in [-0.39, 0.29) is 24.7 Å². The molecule has 0 unspecified atom stereocenters. The van der Waals surface area contributed by atoms with Crippen LogP contribution in [0.25, 0.3) is 16.9 Å². The third-order valence-corrected chi connectivity index (χ3v) is 5.40. The van der Waals surface area contributed by atoms with Crippen LogP contribution >= 0.6 is 0 Å². The van der Waals surface area contributed by atoms with E-state index in [4.69, 9.17) is 4.74 Å². The Hall–Kier alpha value is -4.61. The molecular formula is C24H25FN8O3. The lowest BCUT2D eigenvalue weighted by molar-refractivity contribution is -0.134. The molecular weight excluding hydrogens is 467 g/mol. The number of hydrogen-bond acceptors (Lipinski definition) is 8. The molecule has 0 spiro atoms. The van der Waals surface area contributed by atoms with Crippen molar-refractivity contribution in [3.8, 4) is 16.9 Å². The number of nitrogens with zero attached hydrogens (tertiary/aromatic N) is 7. The van der Waals surface area contributed by atoms with Gasteiger partial charge in [0.05, 0.1) is 37.9 Å². The molecule has 1 amide bonds. The summed E-state index contributed by atoms with van der Waals surface area (Å²) in [7, 11) is 1.74. The Morgan fingerprint density at radius 3 is 2.89 bits per heavy atom. The highest BCUT2D eigenvalue weighted by Crippen LogP contribution is 2.21. The molecule has 0 aliphatic heterocycles. The topological polar surface area (TPSA) is 120 Å². The molecule has 3 heterocycles. The normalized spacial score (nSPS) is 11.6. The number of pyridine rings is 1. The highest BCUT2D eigenvalue weighted by atomic mass is 19.1. The van der Waals surface area contributed by atoms with Gasteiger partial charge >= 0.3 is 0 Å². The number of carbonyl (C=O) groups is 2. The SMILES string of the molecule is CC(=O)NC[C@@H](CN(C)c1ccc(-n2cc(Cn3cnc(-c4cccnc4)c3)nn2)c(F)c1)OC=O. The van der Waals surface area contributed by atoms with Gasteiger partial charge in [0, 0.05) is 43.8 Å². The van der Waals surface area contributed by atoms with Crippen LogP contribution in [0.4, 0.5) is 10.1 Å². The van der Waals surface area contributed by atoms with Gasteiger partial charge in [-0.15, -0.1) is 5.10 Å². The van der Waals surface area contributed by atoms with Gasteiger partial charge in [0.1, 0.15) is 17.5 Å². The molecule has 1 N–H and O–H groups in total. The van der Waals surface area contributed by atoms with Gasteiger partial charge in [0.15, 0.2) is 5.82 Å². The van der Waals surface area contributed by atoms with Crippen LogP contribution in [0.5, 0.6) is 0 Å². The summed E-state index contributed by atoms with van der Waals surface area (Å²) >= 11 is 0. The first kappa shape index (κ1) is 24.5. The summed E-state index contributed by atoms with van der Waals surface area (Å²) in [5.41, 5.74) is 3.15. The lowest BCUT2D eigenvalue weighted by Gasteiger charge is -2.25. The Morgan fingerprint density at radius 1 is 1.31 bits per heavy atom. The van der Waals surface area contributed by atoms with Crippen LogP contribution < -0.4 is 10.2 Å². The number of nitrogens with one attached hydrogen (secondary N) is 1. The molecule has 0 saturated heterocycles. The highest BCUT2D eigenvalue weighted by molar-refractivity contribution is 5.72. The van der Waals surface area contributed by atoms with E-state index in [2.05, 4.69) is 25.6 Å². The number of halogens is 1. The first-order valence-electron chi connectivity index (χ1n) is 11.1. The molecule has 36 heavy (non-hydrogen) atoms. The van der Waals surface area contributed by atoms with E-state index in [1.807, 2.05) is 22.9 Å². The molecule has 0 saturated carbocycles. The van der Waals surface area contributed by atoms with Crippen molar-refractivity contribution in [3.05, 3.63) is 73.0 Å². The summed E-state index contributed by atoms with van der Waals surface area (Å²) in [6.45, 7) is 2.54. The van der Waals surface area contributed by atoms with E-state index >= 15 is 0 Å². The number of aromatic nitrogens is 6. The monoisotopic (exact) mass is 492 g/mol.